The highest BCUT2D eigenvalue weighted by atomic mass is 127. The van der Waals surface area contributed by atoms with Crippen LogP contribution in [0.4, 0.5) is 0 Å². The summed E-state index contributed by atoms with van der Waals surface area (Å²) in [5.41, 5.74) is 10.1. The van der Waals surface area contributed by atoms with E-state index in [0.717, 1.165) is 29.1 Å². The Labute approximate surface area is 131 Å². The molecule has 1 aromatic heterocycles. The van der Waals surface area contributed by atoms with Crippen LogP contribution in [-0.2, 0) is 6.42 Å². The number of halogens is 2. The molecule has 2 atom stereocenters. The summed E-state index contributed by atoms with van der Waals surface area (Å²) >= 11 is 8.41. The van der Waals surface area contributed by atoms with Crippen molar-refractivity contribution < 1.29 is 0 Å². The second-order valence-corrected chi connectivity index (χ2v) is 6.48. The highest BCUT2D eigenvalue weighted by Crippen LogP contribution is 2.40. The molecule has 2 unspecified atom stereocenters. The summed E-state index contributed by atoms with van der Waals surface area (Å²) in [6.45, 7) is 0. The predicted molar refractivity (Wildman–Crippen MR) is 86.4 cm³/mol. The van der Waals surface area contributed by atoms with Gasteiger partial charge >= 0.3 is 0 Å². The fraction of sp³-hybridized carbons (Fsp3) is 0.267. The van der Waals surface area contributed by atoms with Crippen molar-refractivity contribution in [2.75, 3.05) is 0 Å². The SMILES string of the molecule is NC(c1cc(Cl)ccc1I)C1CCc2cccnc21. The molecule has 0 saturated carbocycles. The average Bonchev–Trinajstić information content (AvgIpc) is 2.84. The number of nitrogens with zero attached hydrogens (tertiary/aromatic N) is 1. The van der Waals surface area contributed by atoms with Crippen molar-refractivity contribution in [1.29, 1.82) is 0 Å². The molecule has 0 amide bonds. The summed E-state index contributed by atoms with van der Waals surface area (Å²) in [4.78, 5) is 4.52. The second-order valence-electron chi connectivity index (χ2n) is 4.88. The van der Waals surface area contributed by atoms with Crippen molar-refractivity contribution in [2.24, 2.45) is 5.73 Å². The lowest BCUT2D eigenvalue weighted by Gasteiger charge is -2.21. The number of rotatable bonds is 2. The third-order valence-corrected chi connectivity index (χ3v) is 4.97. The van der Waals surface area contributed by atoms with E-state index >= 15 is 0 Å². The van der Waals surface area contributed by atoms with E-state index in [1.165, 1.54) is 9.13 Å². The molecule has 0 radical (unpaired) electrons. The normalized spacial score (nSPS) is 19.2. The van der Waals surface area contributed by atoms with E-state index in [9.17, 15) is 0 Å². The topological polar surface area (TPSA) is 38.9 Å². The number of hydrogen-bond donors (Lipinski definition) is 1. The number of hydrogen-bond acceptors (Lipinski definition) is 2. The van der Waals surface area contributed by atoms with E-state index in [1.54, 1.807) is 0 Å². The Hall–Kier alpha value is -0.650. The first-order valence-corrected chi connectivity index (χ1v) is 7.77. The van der Waals surface area contributed by atoms with Gasteiger partial charge in [0.1, 0.15) is 0 Å². The summed E-state index contributed by atoms with van der Waals surface area (Å²) in [7, 11) is 0. The quantitative estimate of drug-likeness (QED) is 0.793. The van der Waals surface area contributed by atoms with Crippen LogP contribution in [0.2, 0.25) is 5.02 Å². The molecule has 4 heteroatoms. The fourth-order valence-corrected chi connectivity index (χ4v) is 3.66. The van der Waals surface area contributed by atoms with Gasteiger partial charge in [0.25, 0.3) is 0 Å². The van der Waals surface area contributed by atoms with Gasteiger partial charge in [-0.3, -0.25) is 4.98 Å². The van der Waals surface area contributed by atoms with E-state index in [-0.39, 0.29) is 6.04 Å². The minimum absolute atomic E-state index is 0.0400. The van der Waals surface area contributed by atoms with Crippen LogP contribution in [0.25, 0.3) is 0 Å². The number of aromatic nitrogens is 1. The van der Waals surface area contributed by atoms with Crippen molar-refractivity contribution in [3.8, 4) is 0 Å². The lowest BCUT2D eigenvalue weighted by molar-refractivity contribution is 0.539. The van der Waals surface area contributed by atoms with Crippen LogP contribution in [0.3, 0.4) is 0 Å². The standard InChI is InChI=1S/C15H14ClIN2/c16-10-4-6-13(17)12(8-10)14(18)11-5-3-9-2-1-7-19-15(9)11/h1-2,4,6-8,11,14H,3,5,18H2. The van der Waals surface area contributed by atoms with Gasteiger partial charge in [-0.2, -0.15) is 0 Å². The lowest BCUT2D eigenvalue weighted by atomic mass is 9.91. The van der Waals surface area contributed by atoms with E-state index in [1.807, 2.05) is 30.5 Å². The smallest absolute Gasteiger partial charge is 0.0485 e. The molecule has 0 aliphatic heterocycles. The third kappa shape index (κ3) is 2.51. The molecule has 1 heterocycles. The van der Waals surface area contributed by atoms with Crippen LogP contribution in [0, 0.1) is 3.57 Å². The van der Waals surface area contributed by atoms with Crippen molar-refractivity contribution >= 4 is 34.2 Å². The Balaban J connectivity index is 1.97. The van der Waals surface area contributed by atoms with Gasteiger partial charge in [0, 0.05) is 32.4 Å². The van der Waals surface area contributed by atoms with Crippen molar-refractivity contribution in [1.82, 2.24) is 4.98 Å². The van der Waals surface area contributed by atoms with Crippen LogP contribution < -0.4 is 5.73 Å². The molecule has 1 aliphatic carbocycles. The maximum atomic E-state index is 6.48. The highest BCUT2D eigenvalue weighted by molar-refractivity contribution is 14.1. The number of pyridine rings is 1. The molecule has 2 nitrogen and oxygen atoms in total. The van der Waals surface area contributed by atoms with Gasteiger partial charge in [-0.15, -0.1) is 0 Å². The largest absolute Gasteiger partial charge is 0.323 e. The number of fused-ring (bicyclic) bond motifs is 1. The van der Waals surface area contributed by atoms with Crippen LogP contribution in [0.15, 0.2) is 36.5 Å². The van der Waals surface area contributed by atoms with E-state index in [4.69, 9.17) is 17.3 Å². The Bertz CT molecular complexity index is 615. The molecule has 98 valence electrons. The van der Waals surface area contributed by atoms with Gasteiger partial charge in [0.15, 0.2) is 0 Å². The number of benzene rings is 1. The molecule has 2 N–H and O–H groups in total. The predicted octanol–water partition coefficient (Wildman–Crippen LogP) is 4.07. The lowest BCUT2D eigenvalue weighted by Crippen LogP contribution is -2.20. The summed E-state index contributed by atoms with van der Waals surface area (Å²) in [6, 6.07) is 10.0. The zero-order chi connectivity index (χ0) is 13.4. The van der Waals surface area contributed by atoms with Crippen molar-refractivity contribution in [3.63, 3.8) is 0 Å². The molecule has 1 aromatic carbocycles. The Morgan fingerprint density at radius 1 is 1.37 bits per heavy atom. The molecule has 3 rings (SSSR count). The van der Waals surface area contributed by atoms with Gasteiger partial charge in [0.2, 0.25) is 0 Å². The minimum Gasteiger partial charge on any atom is -0.323 e. The van der Waals surface area contributed by atoms with E-state index in [0.29, 0.717) is 5.92 Å². The Morgan fingerprint density at radius 3 is 3.05 bits per heavy atom. The zero-order valence-electron chi connectivity index (χ0n) is 10.3. The van der Waals surface area contributed by atoms with Crippen LogP contribution in [0.5, 0.6) is 0 Å². The fourth-order valence-electron chi connectivity index (χ4n) is 2.78. The molecule has 1 aliphatic rings. The van der Waals surface area contributed by atoms with Gasteiger partial charge in [0.05, 0.1) is 0 Å². The summed E-state index contributed by atoms with van der Waals surface area (Å²) in [5, 5.41) is 0.741. The third-order valence-electron chi connectivity index (χ3n) is 3.75. The monoisotopic (exact) mass is 384 g/mol. The van der Waals surface area contributed by atoms with Gasteiger partial charge in [-0.1, -0.05) is 17.7 Å². The Kier molecular flexibility index (Phi) is 3.78. The average molecular weight is 385 g/mol. The second kappa shape index (κ2) is 5.38. The molecular formula is C15H14ClIN2. The van der Waals surface area contributed by atoms with Gasteiger partial charge < -0.3 is 5.73 Å². The number of aryl methyl sites for hydroxylation is 1. The van der Waals surface area contributed by atoms with Crippen LogP contribution in [-0.4, -0.2) is 4.98 Å². The molecule has 0 saturated heterocycles. The number of nitrogens with two attached hydrogens (primary N) is 1. The maximum Gasteiger partial charge on any atom is 0.0485 e. The van der Waals surface area contributed by atoms with Gasteiger partial charge in [-0.25, -0.2) is 0 Å². The first-order chi connectivity index (χ1) is 9.16. The Morgan fingerprint density at radius 2 is 2.21 bits per heavy atom. The zero-order valence-corrected chi connectivity index (χ0v) is 13.2. The molecule has 2 aromatic rings. The molecule has 0 spiro atoms. The molecule has 19 heavy (non-hydrogen) atoms. The van der Waals surface area contributed by atoms with Crippen molar-refractivity contribution in [3.05, 3.63) is 61.9 Å². The van der Waals surface area contributed by atoms with Crippen LogP contribution >= 0.6 is 34.2 Å². The molecule has 0 fully saturated rings. The summed E-state index contributed by atoms with van der Waals surface area (Å²) in [6.07, 6.45) is 3.99. The molecule has 0 bridgehead atoms. The highest BCUT2D eigenvalue weighted by Gasteiger charge is 2.30. The summed E-state index contributed by atoms with van der Waals surface area (Å²) in [5.74, 6) is 0.295. The minimum atomic E-state index is -0.0400. The molecular weight excluding hydrogens is 371 g/mol. The summed E-state index contributed by atoms with van der Waals surface area (Å²) < 4.78 is 1.17. The van der Waals surface area contributed by atoms with Crippen molar-refractivity contribution in [2.45, 2.75) is 24.8 Å². The maximum absolute atomic E-state index is 6.48. The van der Waals surface area contributed by atoms with Crippen LogP contribution in [0.1, 0.15) is 35.2 Å². The first kappa shape index (κ1) is 13.3. The van der Waals surface area contributed by atoms with E-state index < -0.39 is 0 Å². The van der Waals surface area contributed by atoms with Gasteiger partial charge in [-0.05, 0) is 70.8 Å². The van der Waals surface area contributed by atoms with E-state index in [2.05, 4.69) is 33.6 Å². The first-order valence-electron chi connectivity index (χ1n) is 6.31.